The van der Waals surface area contributed by atoms with E-state index in [1.165, 1.54) is 0 Å². The minimum absolute atomic E-state index is 0.131. The predicted molar refractivity (Wildman–Crippen MR) is 87.7 cm³/mol. The first-order chi connectivity index (χ1) is 11.0. The SMILES string of the molecule is Cn1cc(-c2ccnc(NC(=O)CC3(O)CCCCC3)c2)cn1. The number of aryl methyl sites for hydroxylation is 1. The summed E-state index contributed by atoms with van der Waals surface area (Å²) in [6.45, 7) is 0. The van der Waals surface area contributed by atoms with Gasteiger partial charge in [-0.15, -0.1) is 0 Å². The summed E-state index contributed by atoms with van der Waals surface area (Å²) in [4.78, 5) is 16.4. The Bertz CT molecular complexity index is 689. The van der Waals surface area contributed by atoms with Crippen molar-refractivity contribution in [1.29, 1.82) is 0 Å². The molecule has 0 spiro atoms. The number of aliphatic hydroxyl groups is 1. The van der Waals surface area contributed by atoms with E-state index in [1.807, 2.05) is 25.4 Å². The van der Waals surface area contributed by atoms with Crippen molar-refractivity contribution in [1.82, 2.24) is 14.8 Å². The molecule has 0 radical (unpaired) electrons. The third kappa shape index (κ3) is 3.96. The lowest BCUT2D eigenvalue weighted by molar-refractivity contribution is -0.122. The Labute approximate surface area is 135 Å². The molecule has 2 N–H and O–H groups in total. The molecule has 1 aliphatic rings. The minimum Gasteiger partial charge on any atom is -0.389 e. The van der Waals surface area contributed by atoms with Gasteiger partial charge in [0.05, 0.1) is 18.2 Å². The van der Waals surface area contributed by atoms with E-state index in [2.05, 4.69) is 15.4 Å². The molecule has 2 heterocycles. The van der Waals surface area contributed by atoms with Gasteiger partial charge in [-0.25, -0.2) is 4.98 Å². The smallest absolute Gasteiger partial charge is 0.228 e. The molecule has 1 fully saturated rings. The molecule has 1 saturated carbocycles. The van der Waals surface area contributed by atoms with Gasteiger partial charge in [-0.05, 0) is 30.5 Å². The van der Waals surface area contributed by atoms with E-state index >= 15 is 0 Å². The van der Waals surface area contributed by atoms with Gasteiger partial charge in [0.1, 0.15) is 5.82 Å². The van der Waals surface area contributed by atoms with Gasteiger partial charge in [0.2, 0.25) is 5.91 Å². The van der Waals surface area contributed by atoms with E-state index < -0.39 is 5.60 Å². The van der Waals surface area contributed by atoms with Gasteiger partial charge in [-0.1, -0.05) is 19.3 Å². The Morgan fingerprint density at radius 1 is 1.35 bits per heavy atom. The highest BCUT2D eigenvalue weighted by atomic mass is 16.3. The molecule has 23 heavy (non-hydrogen) atoms. The van der Waals surface area contributed by atoms with Crippen molar-refractivity contribution >= 4 is 11.7 Å². The zero-order chi connectivity index (χ0) is 16.3. The Morgan fingerprint density at radius 2 is 2.13 bits per heavy atom. The fraction of sp³-hybridized carbons (Fsp3) is 0.471. The van der Waals surface area contributed by atoms with Gasteiger partial charge < -0.3 is 10.4 Å². The predicted octanol–water partition coefficient (Wildman–Crippen LogP) is 2.51. The molecule has 6 heteroatoms. The van der Waals surface area contributed by atoms with Gasteiger partial charge in [0.15, 0.2) is 0 Å². The number of amides is 1. The van der Waals surface area contributed by atoms with Crippen molar-refractivity contribution in [3.05, 3.63) is 30.7 Å². The lowest BCUT2D eigenvalue weighted by Gasteiger charge is -2.31. The maximum Gasteiger partial charge on any atom is 0.228 e. The second-order valence-corrected chi connectivity index (χ2v) is 6.34. The van der Waals surface area contributed by atoms with Crippen LogP contribution in [0.4, 0.5) is 5.82 Å². The van der Waals surface area contributed by atoms with Crippen LogP contribution in [0.2, 0.25) is 0 Å². The fourth-order valence-electron chi connectivity index (χ4n) is 3.12. The molecule has 0 atom stereocenters. The summed E-state index contributed by atoms with van der Waals surface area (Å²) >= 11 is 0. The number of nitrogens with zero attached hydrogens (tertiary/aromatic N) is 3. The summed E-state index contributed by atoms with van der Waals surface area (Å²) in [6.07, 6.45) is 9.97. The van der Waals surface area contributed by atoms with E-state index in [-0.39, 0.29) is 12.3 Å². The summed E-state index contributed by atoms with van der Waals surface area (Å²) in [5, 5.41) is 17.4. The maximum atomic E-state index is 12.2. The molecule has 0 saturated heterocycles. The number of pyridine rings is 1. The van der Waals surface area contributed by atoms with Crippen LogP contribution < -0.4 is 5.32 Å². The van der Waals surface area contributed by atoms with Crippen LogP contribution in [0.25, 0.3) is 11.1 Å². The number of anilines is 1. The van der Waals surface area contributed by atoms with E-state index in [0.29, 0.717) is 18.7 Å². The van der Waals surface area contributed by atoms with Crippen LogP contribution in [0.15, 0.2) is 30.7 Å². The summed E-state index contributed by atoms with van der Waals surface area (Å²) in [6, 6.07) is 3.70. The maximum absolute atomic E-state index is 12.2. The van der Waals surface area contributed by atoms with Gasteiger partial charge >= 0.3 is 0 Å². The van der Waals surface area contributed by atoms with Crippen molar-refractivity contribution in [2.24, 2.45) is 7.05 Å². The Balaban J connectivity index is 1.67. The van der Waals surface area contributed by atoms with Crippen LogP contribution in [0.3, 0.4) is 0 Å². The quantitative estimate of drug-likeness (QED) is 0.908. The first-order valence-electron chi connectivity index (χ1n) is 8.01. The number of carbonyl (C=O) groups is 1. The topological polar surface area (TPSA) is 80.0 Å². The summed E-state index contributed by atoms with van der Waals surface area (Å²) in [5.41, 5.74) is 1.06. The molecule has 0 bridgehead atoms. The summed E-state index contributed by atoms with van der Waals surface area (Å²) in [7, 11) is 1.86. The highest BCUT2D eigenvalue weighted by molar-refractivity contribution is 5.91. The number of nitrogens with one attached hydrogen (secondary N) is 1. The number of carbonyl (C=O) groups excluding carboxylic acids is 1. The van der Waals surface area contributed by atoms with Crippen LogP contribution in [0.1, 0.15) is 38.5 Å². The Kier molecular flexibility index (Phi) is 4.43. The minimum atomic E-state index is -0.858. The molecular weight excluding hydrogens is 292 g/mol. The highest BCUT2D eigenvalue weighted by Gasteiger charge is 2.31. The lowest BCUT2D eigenvalue weighted by Crippen LogP contribution is -2.36. The Hall–Kier alpha value is -2.21. The fourth-order valence-corrected chi connectivity index (χ4v) is 3.12. The van der Waals surface area contributed by atoms with Gasteiger partial charge in [0.25, 0.3) is 0 Å². The van der Waals surface area contributed by atoms with E-state index in [9.17, 15) is 9.90 Å². The number of hydrogen-bond acceptors (Lipinski definition) is 4. The van der Waals surface area contributed by atoms with Crippen LogP contribution in [-0.4, -0.2) is 31.4 Å². The second kappa shape index (κ2) is 6.50. The van der Waals surface area contributed by atoms with Crippen molar-refractivity contribution in [3.63, 3.8) is 0 Å². The van der Waals surface area contributed by atoms with Crippen LogP contribution in [-0.2, 0) is 11.8 Å². The first-order valence-corrected chi connectivity index (χ1v) is 8.01. The highest BCUT2D eigenvalue weighted by Crippen LogP contribution is 2.31. The van der Waals surface area contributed by atoms with E-state index in [4.69, 9.17) is 0 Å². The largest absolute Gasteiger partial charge is 0.389 e. The third-order valence-electron chi connectivity index (χ3n) is 4.34. The van der Waals surface area contributed by atoms with E-state index in [1.54, 1.807) is 17.1 Å². The van der Waals surface area contributed by atoms with Crippen molar-refractivity contribution in [2.45, 2.75) is 44.1 Å². The Morgan fingerprint density at radius 3 is 2.83 bits per heavy atom. The molecule has 6 nitrogen and oxygen atoms in total. The van der Waals surface area contributed by atoms with Crippen LogP contribution in [0.5, 0.6) is 0 Å². The monoisotopic (exact) mass is 314 g/mol. The molecular formula is C17H22N4O2. The summed E-state index contributed by atoms with van der Waals surface area (Å²) < 4.78 is 1.73. The van der Waals surface area contributed by atoms with E-state index in [0.717, 1.165) is 30.4 Å². The molecule has 0 aliphatic heterocycles. The van der Waals surface area contributed by atoms with Gasteiger partial charge in [-0.3, -0.25) is 9.48 Å². The average Bonchev–Trinajstić information content (AvgIpc) is 2.94. The van der Waals surface area contributed by atoms with Crippen molar-refractivity contribution in [2.75, 3.05) is 5.32 Å². The molecule has 0 aromatic carbocycles. The molecule has 2 aromatic rings. The van der Waals surface area contributed by atoms with Crippen LogP contribution >= 0.6 is 0 Å². The molecule has 1 aliphatic carbocycles. The lowest BCUT2D eigenvalue weighted by atomic mass is 9.82. The normalized spacial score (nSPS) is 17.0. The standard InChI is InChI=1S/C17H22N4O2/c1-21-12-14(11-19-21)13-5-8-18-15(9-13)20-16(22)10-17(23)6-3-2-4-7-17/h5,8-9,11-12,23H,2-4,6-7,10H2,1H3,(H,18,20,22). The molecule has 1 amide bonds. The average molecular weight is 314 g/mol. The zero-order valence-corrected chi connectivity index (χ0v) is 13.3. The first kappa shape index (κ1) is 15.7. The van der Waals surface area contributed by atoms with Gasteiger partial charge in [0, 0.05) is 25.0 Å². The van der Waals surface area contributed by atoms with Crippen LogP contribution in [0, 0.1) is 0 Å². The van der Waals surface area contributed by atoms with Gasteiger partial charge in [-0.2, -0.15) is 5.10 Å². The third-order valence-corrected chi connectivity index (χ3v) is 4.34. The number of hydrogen-bond donors (Lipinski definition) is 2. The number of rotatable bonds is 4. The second-order valence-electron chi connectivity index (χ2n) is 6.34. The summed E-state index contributed by atoms with van der Waals surface area (Å²) in [5.74, 6) is 0.306. The molecule has 0 unspecified atom stereocenters. The zero-order valence-electron chi connectivity index (χ0n) is 13.3. The number of aromatic nitrogens is 3. The van der Waals surface area contributed by atoms with Crippen molar-refractivity contribution < 1.29 is 9.90 Å². The molecule has 2 aromatic heterocycles. The molecule has 3 rings (SSSR count). The van der Waals surface area contributed by atoms with Crippen molar-refractivity contribution in [3.8, 4) is 11.1 Å². The molecule has 122 valence electrons.